The maximum atomic E-state index is 13.6. The molecule has 27 heavy (non-hydrogen) atoms. The van der Waals surface area contributed by atoms with Crippen molar-refractivity contribution in [3.05, 3.63) is 46.7 Å². The van der Waals surface area contributed by atoms with Gasteiger partial charge in [-0.1, -0.05) is 11.6 Å². The highest BCUT2D eigenvalue weighted by Crippen LogP contribution is 2.33. The van der Waals surface area contributed by atoms with Gasteiger partial charge in [0.05, 0.1) is 17.4 Å². The Morgan fingerprint density at radius 2 is 2.04 bits per heavy atom. The van der Waals surface area contributed by atoms with E-state index in [2.05, 4.69) is 15.7 Å². The van der Waals surface area contributed by atoms with E-state index in [0.29, 0.717) is 22.2 Å². The molecule has 0 saturated carbocycles. The highest BCUT2D eigenvalue weighted by molar-refractivity contribution is 6.30. The van der Waals surface area contributed by atoms with Crippen molar-refractivity contribution in [2.45, 2.75) is 19.0 Å². The Hall–Kier alpha value is -1.77. The molecule has 1 saturated heterocycles. The number of rotatable bonds is 5. The van der Waals surface area contributed by atoms with Gasteiger partial charge in [0.25, 0.3) is 5.91 Å². The van der Waals surface area contributed by atoms with Gasteiger partial charge in [-0.3, -0.25) is 4.79 Å². The first kappa shape index (κ1) is 21.5. The molecule has 2 aromatic rings. The number of carbonyl (C=O) groups is 1. The fourth-order valence-electron chi connectivity index (χ4n) is 3.01. The summed E-state index contributed by atoms with van der Waals surface area (Å²) in [6, 6.07) is 5.76. The van der Waals surface area contributed by atoms with E-state index < -0.39 is 23.3 Å². The second kappa shape index (κ2) is 8.95. The van der Waals surface area contributed by atoms with Crippen LogP contribution in [0.2, 0.25) is 5.02 Å². The summed E-state index contributed by atoms with van der Waals surface area (Å²) in [5, 5.41) is 9.95. The molecular formula is C17H19Cl2F3N4O. The number of hydrogen-bond donors (Lipinski definition) is 2. The largest absolute Gasteiger partial charge is 0.434 e. The first-order valence-electron chi connectivity index (χ1n) is 8.26. The molecule has 1 aliphatic rings. The molecule has 5 nitrogen and oxygen atoms in total. The van der Waals surface area contributed by atoms with Crippen molar-refractivity contribution in [2.24, 2.45) is 5.92 Å². The molecule has 1 fully saturated rings. The Morgan fingerprint density at radius 3 is 2.63 bits per heavy atom. The number of hydrogen-bond acceptors (Lipinski definition) is 3. The van der Waals surface area contributed by atoms with E-state index in [1.807, 2.05) is 0 Å². The summed E-state index contributed by atoms with van der Waals surface area (Å²) in [6.45, 7) is 2.14. The van der Waals surface area contributed by atoms with Crippen LogP contribution in [0.5, 0.6) is 0 Å². The normalized spacial score (nSPS) is 16.8. The SMILES string of the molecule is Cl.O=C(NCCC1CCNC1)c1cnn(-c2ccc(Cl)cc2)c1C(F)(F)F. The number of nitrogens with one attached hydrogen (secondary N) is 2. The average molecular weight is 423 g/mol. The Morgan fingerprint density at radius 1 is 1.33 bits per heavy atom. The Balaban J connectivity index is 0.00000261. The molecule has 1 aliphatic heterocycles. The van der Waals surface area contributed by atoms with Gasteiger partial charge in [0.2, 0.25) is 0 Å². The van der Waals surface area contributed by atoms with Crippen molar-refractivity contribution >= 4 is 29.9 Å². The third-order valence-electron chi connectivity index (χ3n) is 4.35. The molecule has 148 valence electrons. The standard InChI is InChI=1S/C17H18ClF3N4O.ClH/c18-12-1-3-13(4-2-12)25-15(17(19,20)21)14(10-24-25)16(26)23-8-6-11-5-7-22-9-11;/h1-4,10-11,22H,5-9H2,(H,23,26);1H. The molecule has 1 aromatic carbocycles. The van der Waals surface area contributed by atoms with E-state index in [4.69, 9.17) is 11.6 Å². The zero-order valence-corrected chi connectivity index (χ0v) is 15.8. The quantitative estimate of drug-likeness (QED) is 0.772. The van der Waals surface area contributed by atoms with Crippen molar-refractivity contribution in [1.29, 1.82) is 0 Å². The molecule has 0 aliphatic carbocycles. The number of benzene rings is 1. The smallest absolute Gasteiger partial charge is 0.352 e. The van der Waals surface area contributed by atoms with Gasteiger partial charge >= 0.3 is 6.18 Å². The number of amides is 1. The number of alkyl halides is 3. The molecule has 2 N–H and O–H groups in total. The number of carbonyl (C=O) groups excluding carboxylic acids is 1. The van der Waals surface area contributed by atoms with Crippen LogP contribution in [0.3, 0.4) is 0 Å². The second-order valence-electron chi connectivity index (χ2n) is 6.20. The fraction of sp³-hybridized carbons (Fsp3) is 0.412. The lowest BCUT2D eigenvalue weighted by Crippen LogP contribution is -2.28. The van der Waals surface area contributed by atoms with Gasteiger partial charge in [0, 0.05) is 11.6 Å². The van der Waals surface area contributed by atoms with Crippen LogP contribution in [0.15, 0.2) is 30.5 Å². The van der Waals surface area contributed by atoms with Crippen LogP contribution < -0.4 is 10.6 Å². The van der Waals surface area contributed by atoms with Gasteiger partial charge in [0.1, 0.15) is 0 Å². The topological polar surface area (TPSA) is 59.0 Å². The lowest BCUT2D eigenvalue weighted by atomic mass is 10.1. The fourth-order valence-corrected chi connectivity index (χ4v) is 3.14. The minimum absolute atomic E-state index is 0. The first-order valence-corrected chi connectivity index (χ1v) is 8.64. The van der Waals surface area contributed by atoms with Crippen LogP contribution in [0.25, 0.3) is 5.69 Å². The zero-order valence-electron chi connectivity index (χ0n) is 14.2. The summed E-state index contributed by atoms with van der Waals surface area (Å²) < 4.78 is 41.4. The lowest BCUT2D eigenvalue weighted by Gasteiger charge is -2.13. The molecule has 2 heterocycles. The van der Waals surface area contributed by atoms with Crippen LogP contribution in [0, 0.1) is 5.92 Å². The molecule has 0 bridgehead atoms. The van der Waals surface area contributed by atoms with Crippen molar-refractivity contribution in [3.8, 4) is 5.69 Å². The molecule has 1 unspecified atom stereocenters. The van der Waals surface area contributed by atoms with E-state index in [9.17, 15) is 18.0 Å². The monoisotopic (exact) mass is 422 g/mol. The summed E-state index contributed by atoms with van der Waals surface area (Å²) in [7, 11) is 0. The van der Waals surface area contributed by atoms with Gasteiger partial charge in [-0.15, -0.1) is 12.4 Å². The Labute approximate surface area is 165 Å². The summed E-state index contributed by atoms with van der Waals surface area (Å²) in [6.07, 6.45) is -2.04. The van der Waals surface area contributed by atoms with E-state index in [-0.39, 0.29) is 18.1 Å². The maximum Gasteiger partial charge on any atom is 0.434 e. The third kappa shape index (κ3) is 5.15. The zero-order chi connectivity index (χ0) is 18.7. The summed E-state index contributed by atoms with van der Waals surface area (Å²) in [5.74, 6) is -0.335. The first-order chi connectivity index (χ1) is 12.4. The second-order valence-corrected chi connectivity index (χ2v) is 6.63. The molecule has 3 rings (SSSR count). The van der Waals surface area contributed by atoms with Crippen LogP contribution in [-0.2, 0) is 6.18 Å². The summed E-state index contributed by atoms with van der Waals surface area (Å²) in [5.41, 5.74) is -1.41. The minimum atomic E-state index is -4.72. The summed E-state index contributed by atoms with van der Waals surface area (Å²) >= 11 is 5.78. The van der Waals surface area contributed by atoms with Gasteiger partial charge in [-0.2, -0.15) is 18.3 Å². The van der Waals surface area contributed by atoms with E-state index in [0.717, 1.165) is 32.1 Å². The van der Waals surface area contributed by atoms with Crippen molar-refractivity contribution in [3.63, 3.8) is 0 Å². The summed E-state index contributed by atoms with van der Waals surface area (Å²) in [4.78, 5) is 12.3. The molecule has 10 heteroatoms. The molecule has 0 radical (unpaired) electrons. The van der Waals surface area contributed by atoms with Crippen LogP contribution >= 0.6 is 24.0 Å². The number of nitrogens with zero attached hydrogens (tertiary/aromatic N) is 2. The Bertz CT molecular complexity index is 771. The third-order valence-corrected chi connectivity index (χ3v) is 4.61. The number of aromatic nitrogens is 2. The minimum Gasteiger partial charge on any atom is -0.352 e. The van der Waals surface area contributed by atoms with Crippen molar-refractivity contribution in [2.75, 3.05) is 19.6 Å². The van der Waals surface area contributed by atoms with Crippen LogP contribution in [0.1, 0.15) is 28.9 Å². The maximum absolute atomic E-state index is 13.6. The van der Waals surface area contributed by atoms with Gasteiger partial charge in [-0.05, 0) is 56.1 Å². The predicted octanol–water partition coefficient (Wildman–Crippen LogP) is 3.70. The van der Waals surface area contributed by atoms with Gasteiger partial charge < -0.3 is 10.6 Å². The lowest BCUT2D eigenvalue weighted by molar-refractivity contribution is -0.143. The molecule has 0 spiro atoms. The van der Waals surface area contributed by atoms with E-state index in [1.54, 1.807) is 0 Å². The molecular weight excluding hydrogens is 404 g/mol. The Kier molecular flexibility index (Phi) is 7.13. The average Bonchev–Trinajstić information content (AvgIpc) is 3.24. The van der Waals surface area contributed by atoms with Gasteiger partial charge in [0.15, 0.2) is 5.69 Å². The number of halogens is 5. The van der Waals surface area contributed by atoms with Crippen molar-refractivity contribution in [1.82, 2.24) is 20.4 Å². The van der Waals surface area contributed by atoms with E-state index in [1.165, 1.54) is 24.3 Å². The molecule has 1 atom stereocenters. The van der Waals surface area contributed by atoms with Gasteiger partial charge in [-0.25, -0.2) is 4.68 Å². The van der Waals surface area contributed by atoms with Crippen molar-refractivity contribution < 1.29 is 18.0 Å². The molecule has 1 aromatic heterocycles. The van der Waals surface area contributed by atoms with Crippen LogP contribution in [-0.4, -0.2) is 35.3 Å². The molecule has 1 amide bonds. The predicted molar refractivity (Wildman–Crippen MR) is 98.8 cm³/mol. The van der Waals surface area contributed by atoms with Crippen LogP contribution in [0.4, 0.5) is 13.2 Å². The van der Waals surface area contributed by atoms with E-state index >= 15 is 0 Å². The highest BCUT2D eigenvalue weighted by Gasteiger charge is 2.40. The highest BCUT2D eigenvalue weighted by atomic mass is 35.5.